The van der Waals surface area contributed by atoms with Crippen molar-refractivity contribution in [3.8, 4) is 0 Å². The SMILES string of the molecule is Cc1ccc(NC(=O)C2CCc3ccccc3N2C(=O)c2ccnc(Cl)c2)cc1. The smallest absolute Gasteiger partial charge is 0.259 e. The number of benzene rings is 2. The first-order chi connectivity index (χ1) is 14.0. The number of hydrogen-bond donors (Lipinski definition) is 1. The van der Waals surface area contributed by atoms with Gasteiger partial charge in [0.2, 0.25) is 5.91 Å². The van der Waals surface area contributed by atoms with Crippen LogP contribution in [0.2, 0.25) is 5.15 Å². The van der Waals surface area contributed by atoms with Crippen molar-refractivity contribution < 1.29 is 9.59 Å². The Bertz CT molecular complexity index is 1070. The van der Waals surface area contributed by atoms with Crippen molar-refractivity contribution >= 4 is 34.8 Å². The van der Waals surface area contributed by atoms with Gasteiger partial charge < -0.3 is 5.32 Å². The van der Waals surface area contributed by atoms with E-state index in [0.717, 1.165) is 23.2 Å². The van der Waals surface area contributed by atoms with Crippen LogP contribution in [0.15, 0.2) is 66.9 Å². The van der Waals surface area contributed by atoms with Crippen molar-refractivity contribution in [1.82, 2.24) is 4.98 Å². The number of amides is 2. The Kier molecular flexibility index (Phi) is 5.32. The molecule has 0 saturated heterocycles. The minimum absolute atomic E-state index is 0.211. The highest BCUT2D eigenvalue weighted by Crippen LogP contribution is 2.32. The van der Waals surface area contributed by atoms with E-state index in [2.05, 4.69) is 10.3 Å². The van der Waals surface area contributed by atoms with Crippen LogP contribution in [0.4, 0.5) is 11.4 Å². The fraction of sp³-hybridized carbons (Fsp3) is 0.174. The first kappa shape index (κ1) is 19.2. The average Bonchev–Trinajstić information content (AvgIpc) is 2.74. The molecule has 0 spiro atoms. The molecule has 0 bridgehead atoms. The highest BCUT2D eigenvalue weighted by atomic mass is 35.5. The first-order valence-corrected chi connectivity index (χ1v) is 9.81. The lowest BCUT2D eigenvalue weighted by Gasteiger charge is -2.36. The molecule has 1 N–H and O–H groups in total. The van der Waals surface area contributed by atoms with Crippen LogP contribution in [-0.4, -0.2) is 22.8 Å². The third-order valence-corrected chi connectivity index (χ3v) is 5.27. The summed E-state index contributed by atoms with van der Waals surface area (Å²) in [5.41, 5.74) is 4.01. The molecule has 1 atom stereocenters. The molecular formula is C23H20ClN3O2. The predicted octanol–water partition coefficient (Wildman–Crippen LogP) is 4.64. The third-order valence-electron chi connectivity index (χ3n) is 5.06. The molecule has 146 valence electrons. The van der Waals surface area contributed by atoms with Gasteiger partial charge in [0.1, 0.15) is 11.2 Å². The van der Waals surface area contributed by atoms with Gasteiger partial charge in [-0.25, -0.2) is 4.98 Å². The largest absolute Gasteiger partial charge is 0.324 e. The maximum absolute atomic E-state index is 13.4. The van der Waals surface area contributed by atoms with Crippen LogP contribution in [0.25, 0.3) is 0 Å². The van der Waals surface area contributed by atoms with E-state index in [1.54, 1.807) is 11.0 Å². The summed E-state index contributed by atoms with van der Waals surface area (Å²) in [4.78, 5) is 32.0. The molecule has 0 saturated carbocycles. The number of halogens is 1. The van der Waals surface area contributed by atoms with Crippen LogP contribution >= 0.6 is 11.6 Å². The van der Waals surface area contributed by atoms with E-state index in [1.807, 2.05) is 55.5 Å². The summed E-state index contributed by atoms with van der Waals surface area (Å²) in [6.07, 6.45) is 2.76. The number of fused-ring (bicyclic) bond motifs is 1. The van der Waals surface area contributed by atoms with E-state index in [4.69, 9.17) is 11.6 Å². The minimum Gasteiger partial charge on any atom is -0.324 e. The standard InChI is InChI=1S/C23H20ClN3O2/c1-15-6-9-18(10-7-15)26-22(28)20-11-8-16-4-2-3-5-19(16)27(20)23(29)17-12-13-25-21(24)14-17/h2-7,9-10,12-14,20H,8,11H2,1H3,(H,26,28). The summed E-state index contributed by atoms with van der Waals surface area (Å²) >= 11 is 5.99. The van der Waals surface area contributed by atoms with Crippen LogP contribution in [0.5, 0.6) is 0 Å². The Morgan fingerprint density at radius 2 is 1.86 bits per heavy atom. The number of carbonyl (C=O) groups is 2. The number of hydrogen-bond acceptors (Lipinski definition) is 3. The van der Waals surface area contributed by atoms with Gasteiger partial charge in [-0.05, 0) is 55.7 Å². The zero-order valence-corrected chi connectivity index (χ0v) is 16.7. The molecule has 1 unspecified atom stereocenters. The number of nitrogens with one attached hydrogen (secondary N) is 1. The molecule has 2 heterocycles. The fourth-order valence-corrected chi connectivity index (χ4v) is 3.76. The highest BCUT2D eigenvalue weighted by Gasteiger charge is 2.36. The van der Waals surface area contributed by atoms with Gasteiger partial charge in [0, 0.05) is 23.1 Å². The molecule has 1 aromatic heterocycles. The Labute approximate surface area is 174 Å². The molecule has 2 aromatic carbocycles. The molecular weight excluding hydrogens is 386 g/mol. The molecule has 6 heteroatoms. The first-order valence-electron chi connectivity index (χ1n) is 9.43. The lowest BCUT2D eigenvalue weighted by molar-refractivity contribution is -0.117. The summed E-state index contributed by atoms with van der Waals surface area (Å²) in [5.74, 6) is -0.484. The zero-order chi connectivity index (χ0) is 20.4. The normalized spacial score (nSPS) is 15.5. The van der Waals surface area contributed by atoms with Gasteiger partial charge in [-0.2, -0.15) is 0 Å². The summed E-state index contributed by atoms with van der Waals surface area (Å²) in [5, 5.41) is 3.18. The Hall–Kier alpha value is -3.18. The molecule has 4 rings (SSSR count). The number of aromatic nitrogens is 1. The Morgan fingerprint density at radius 1 is 1.10 bits per heavy atom. The van der Waals surface area contributed by atoms with Crippen molar-refractivity contribution in [1.29, 1.82) is 0 Å². The highest BCUT2D eigenvalue weighted by molar-refractivity contribution is 6.30. The van der Waals surface area contributed by atoms with Crippen LogP contribution in [0.1, 0.15) is 27.9 Å². The molecule has 3 aromatic rings. The Morgan fingerprint density at radius 3 is 2.62 bits per heavy atom. The van der Waals surface area contributed by atoms with E-state index in [9.17, 15) is 9.59 Å². The summed E-state index contributed by atoms with van der Waals surface area (Å²) < 4.78 is 0. The van der Waals surface area contributed by atoms with E-state index >= 15 is 0 Å². The summed E-state index contributed by atoms with van der Waals surface area (Å²) in [7, 11) is 0. The molecule has 1 aliphatic rings. The third kappa shape index (κ3) is 4.00. The number of carbonyl (C=O) groups excluding carboxylic acids is 2. The molecule has 29 heavy (non-hydrogen) atoms. The summed E-state index contributed by atoms with van der Waals surface area (Å²) in [6, 6.07) is 17.8. The number of nitrogens with zero attached hydrogens (tertiary/aromatic N) is 2. The molecule has 2 amide bonds. The lowest BCUT2D eigenvalue weighted by atomic mass is 9.94. The fourth-order valence-electron chi connectivity index (χ4n) is 3.58. The van der Waals surface area contributed by atoms with Crippen molar-refractivity contribution in [2.75, 3.05) is 10.2 Å². The van der Waals surface area contributed by atoms with Crippen LogP contribution in [0.3, 0.4) is 0 Å². The number of anilines is 2. The van der Waals surface area contributed by atoms with Crippen molar-refractivity contribution in [3.63, 3.8) is 0 Å². The summed E-state index contributed by atoms with van der Waals surface area (Å²) in [6.45, 7) is 1.99. The number of rotatable bonds is 3. The van der Waals surface area contributed by atoms with E-state index in [0.29, 0.717) is 17.7 Å². The second-order valence-corrected chi connectivity index (χ2v) is 7.47. The topological polar surface area (TPSA) is 62.3 Å². The molecule has 0 fully saturated rings. The Balaban J connectivity index is 1.69. The zero-order valence-electron chi connectivity index (χ0n) is 15.9. The van der Waals surface area contributed by atoms with E-state index in [1.165, 1.54) is 12.3 Å². The molecule has 5 nitrogen and oxygen atoms in total. The van der Waals surface area contributed by atoms with E-state index < -0.39 is 6.04 Å². The van der Waals surface area contributed by atoms with Crippen molar-refractivity contribution in [2.24, 2.45) is 0 Å². The number of aryl methyl sites for hydroxylation is 2. The molecule has 0 radical (unpaired) electrons. The maximum atomic E-state index is 13.4. The van der Waals surface area contributed by atoms with Crippen molar-refractivity contribution in [3.05, 3.63) is 88.7 Å². The van der Waals surface area contributed by atoms with E-state index in [-0.39, 0.29) is 17.0 Å². The van der Waals surface area contributed by atoms with Gasteiger partial charge in [-0.1, -0.05) is 47.5 Å². The van der Waals surface area contributed by atoms with Gasteiger partial charge in [0.15, 0.2) is 0 Å². The maximum Gasteiger partial charge on any atom is 0.259 e. The van der Waals surface area contributed by atoms with Gasteiger partial charge in [0.25, 0.3) is 5.91 Å². The van der Waals surface area contributed by atoms with Crippen LogP contribution < -0.4 is 10.2 Å². The minimum atomic E-state index is -0.620. The molecule has 0 aliphatic carbocycles. The predicted molar refractivity (Wildman–Crippen MR) is 114 cm³/mol. The number of pyridine rings is 1. The van der Waals surface area contributed by atoms with Crippen LogP contribution in [-0.2, 0) is 11.2 Å². The van der Waals surface area contributed by atoms with Gasteiger partial charge in [-0.15, -0.1) is 0 Å². The van der Waals surface area contributed by atoms with Gasteiger partial charge >= 0.3 is 0 Å². The number of para-hydroxylation sites is 1. The molecule has 1 aliphatic heterocycles. The quantitative estimate of drug-likeness (QED) is 0.645. The second-order valence-electron chi connectivity index (χ2n) is 7.08. The van der Waals surface area contributed by atoms with Gasteiger partial charge in [-0.3, -0.25) is 14.5 Å². The van der Waals surface area contributed by atoms with Crippen molar-refractivity contribution in [2.45, 2.75) is 25.8 Å². The van der Waals surface area contributed by atoms with Gasteiger partial charge in [0.05, 0.1) is 0 Å². The average molecular weight is 406 g/mol. The van der Waals surface area contributed by atoms with Crippen LogP contribution in [0, 0.1) is 6.92 Å². The second kappa shape index (κ2) is 8.05. The monoisotopic (exact) mass is 405 g/mol. The lowest BCUT2D eigenvalue weighted by Crippen LogP contribution is -2.50.